The van der Waals surface area contributed by atoms with Gasteiger partial charge in [0.2, 0.25) is 0 Å². The second-order valence-corrected chi connectivity index (χ2v) is 4.11. The van der Waals surface area contributed by atoms with E-state index in [9.17, 15) is 17.6 Å². The first-order chi connectivity index (χ1) is 7.34. The fourth-order valence-electron chi connectivity index (χ4n) is 0.875. The molecule has 0 saturated carbocycles. The summed E-state index contributed by atoms with van der Waals surface area (Å²) in [5, 5.41) is 0. The highest BCUT2D eigenvalue weighted by Gasteiger charge is 2.14. The van der Waals surface area contributed by atoms with Crippen molar-refractivity contribution in [2.45, 2.75) is 4.90 Å². The summed E-state index contributed by atoms with van der Waals surface area (Å²) in [7, 11) is -4.48. The SMILES string of the molecule is C=CC(=O)Oc1ccc(S(=O)(=O)O)cc1F. The molecule has 0 bridgehead atoms. The van der Waals surface area contributed by atoms with Gasteiger partial charge in [0.1, 0.15) is 0 Å². The molecule has 0 amide bonds. The first-order valence-corrected chi connectivity index (χ1v) is 5.40. The van der Waals surface area contributed by atoms with E-state index < -0.39 is 32.5 Å². The van der Waals surface area contributed by atoms with E-state index in [1.165, 1.54) is 0 Å². The van der Waals surface area contributed by atoms with Crippen molar-refractivity contribution in [3.63, 3.8) is 0 Å². The first-order valence-electron chi connectivity index (χ1n) is 3.96. The average Bonchev–Trinajstić information content (AvgIpc) is 2.19. The number of ether oxygens (including phenoxy) is 1. The number of hydrogen-bond acceptors (Lipinski definition) is 4. The standard InChI is InChI=1S/C9H7FO5S/c1-2-9(11)15-8-4-3-6(5-7(8)10)16(12,13)14/h2-5H,1H2,(H,12,13,14). The van der Waals surface area contributed by atoms with Gasteiger partial charge >= 0.3 is 5.97 Å². The van der Waals surface area contributed by atoms with Gasteiger partial charge in [-0.1, -0.05) is 6.58 Å². The van der Waals surface area contributed by atoms with Gasteiger partial charge in [0, 0.05) is 6.08 Å². The van der Waals surface area contributed by atoms with Crippen LogP contribution in [0.2, 0.25) is 0 Å². The van der Waals surface area contributed by atoms with E-state index in [1.807, 2.05) is 0 Å². The molecular formula is C9H7FO5S. The third-order valence-electron chi connectivity index (χ3n) is 1.58. The Labute approximate surface area is 90.9 Å². The van der Waals surface area contributed by atoms with Crippen LogP contribution in [-0.2, 0) is 14.9 Å². The average molecular weight is 246 g/mol. The lowest BCUT2D eigenvalue weighted by molar-refractivity contribution is -0.129. The summed E-state index contributed by atoms with van der Waals surface area (Å²) in [6.45, 7) is 3.11. The Morgan fingerprint density at radius 3 is 2.56 bits per heavy atom. The zero-order chi connectivity index (χ0) is 12.3. The number of carbonyl (C=O) groups excluding carboxylic acids is 1. The fraction of sp³-hybridized carbons (Fsp3) is 0. The molecule has 0 aliphatic rings. The highest BCUT2D eigenvalue weighted by Crippen LogP contribution is 2.21. The molecule has 7 heteroatoms. The number of hydrogen-bond donors (Lipinski definition) is 1. The molecule has 0 unspecified atom stereocenters. The van der Waals surface area contributed by atoms with E-state index in [4.69, 9.17) is 4.55 Å². The number of halogens is 1. The van der Waals surface area contributed by atoms with Crippen LogP contribution in [-0.4, -0.2) is 18.9 Å². The van der Waals surface area contributed by atoms with Crippen LogP contribution in [0.5, 0.6) is 5.75 Å². The Hall–Kier alpha value is -1.73. The fourth-order valence-corrected chi connectivity index (χ4v) is 1.37. The monoisotopic (exact) mass is 246 g/mol. The first kappa shape index (κ1) is 12.3. The van der Waals surface area contributed by atoms with Gasteiger partial charge in [0.25, 0.3) is 10.1 Å². The van der Waals surface area contributed by atoms with Crippen LogP contribution in [0, 0.1) is 5.82 Å². The molecule has 86 valence electrons. The van der Waals surface area contributed by atoms with Crippen molar-refractivity contribution in [2.24, 2.45) is 0 Å². The molecular weight excluding hydrogens is 239 g/mol. The topological polar surface area (TPSA) is 80.7 Å². The molecule has 0 aliphatic carbocycles. The quantitative estimate of drug-likeness (QED) is 0.374. The van der Waals surface area contributed by atoms with Gasteiger partial charge in [-0.3, -0.25) is 4.55 Å². The Balaban J connectivity index is 3.10. The lowest BCUT2D eigenvalue weighted by Gasteiger charge is -2.03. The minimum Gasteiger partial charge on any atom is -0.420 e. The molecule has 1 aromatic rings. The molecule has 0 radical (unpaired) electrons. The van der Waals surface area contributed by atoms with E-state index in [-0.39, 0.29) is 0 Å². The third kappa shape index (κ3) is 2.88. The van der Waals surface area contributed by atoms with Crippen molar-refractivity contribution in [1.82, 2.24) is 0 Å². The molecule has 5 nitrogen and oxygen atoms in total. The molecule has 1 N–H and O–H groups in total. The molecule has 0 aromatic heterocycles. The van der Waals surface area contributed by atoms with E-state index in [0.717, 1.165) is 18.2 Å². The maximum atomic E-state index is 13.2. The molecule has 0 fully saturated rings. The summed E-state index contributed by atoms with van der Waals surface area (Å²) in [5.41, 5.74) is 0. The second kappa shape index (κ2) is 4.42. The van der Waals surface area contributed by atoms with E-state index in [0.29, 0.717) is 6.07 Å². The van der Waals surface area contributed by atoms with Crippen molar-refractivity contribution in [2.75, 3.05) is 0 Å². The molecule has 0 spiro atoms. The van der Waals surface area contributed by atoms with Gasteiger partial charge in [0.15, 0.2) is 11.6 Å². The van der Waals surface area contributed by atoms with Crippen molar-refractivity contribution in [3.05, 3.63) is 36.7 Å². The van der Waals surface area contributed by atoms with Gasteiger partial charge in [-0.15, -0.1) is 0 Å². The highest BCUT2D eigenvalue weighted by molar-refractivity contribution is 7.85. The van der Waals surface area contributed by atoms with Crippen molar-refractivity contribution in [1.29, 1.82) is 0 Å². The zero-order valence-corrected chi connectivity index (χ0v) is 8.70. The number of carbonyl (C=O) groups is 1. The predicted molar refractivity (Wildman–Crippen MR) is 52.0 cm³/mol. The summed E-state index contributed by atoms with van der Waals surface area (Å²) >= 11 is 0. The Morgan fingerprint density at radius 2 is 2.12 bits per heavy atom. The molecule has 0 saturated heterocycles. The van der Waals surface area contributed by atoms with Crippen LogP contribution >= 0.6 is 0 Å². The molecule has 0 aliphatic heterocycles. The van der Waals surface area contributed by atoms with Gasteiger partial charge in [-0.25, -0.2) is 9.18 Å². The maximum Gasteiger partial charge on any atom is 0.335 e. The van der Waals surface area contributed by atoms with Crippen LogP contribution in [0.15, 0.2) is 35.7 Å². The normalized spacial score (nSPS) is 10.9. The largest absolute Gasteiger partial charge is 0.420 e. The minimum absolute atomic E-state index is 0.447. The molecule has 1 aromatic carbocycles. The van der Waals surface area contributed by atoms with Crippen LogP contribution in [0.4, 0.5) is 4.39 Å². The molecule has 0 heterocycles. The van der Waals surface area contributed by atoms with Gasteiger partial charge in [-0.05, 0) is 18.2 Å². The van der Waals surface area contributed by atoms with Crippen LogP contribution in [0.25, 0.3) is 0 Å². The summed E-state index contributed by atoms with van der Waals surface area (Å²) in [6, 6.07) is 2.37. The third-order valence-corrected chi connectivity index (χ3v) is 2.43. The Kier molecular flexibility index (Phi) is 3.41. The molecule has 1 rings (SSSR count). The number of rotatable bonds is 3. The highest BCUT2D eigenvalue weighted by atomic mass is 32.2. The van der Waals surface area contributed by atoms with Crippen LogP contribution in [0.1, 0.15) is 0 Å². The zero-order valence-electron chi connectivity index (χ0n) is 7.88. The number of esters is 1. The smallest absolute Gasteiger partial charge is 0.335 e. The van der Waals surface area contributed by atoms with Crippen molar-refractivity contribution < 1.29 is 26.9 Å². The Bertz CT molecular complexity index is 535. The van der Waals surface area contributed by atoms with Gasteiger partial charge in [0.05, 0.1) is 4.90 Å². The Morgan fingerprint density at radius 1 is 1.50 bits per heavy atom. The van der Waals surface area contributed by atoms with Crippen molar-refractivity contribution in [3.8, 4) is 5.75 Å². The van der Waals surface area contributed by atoms with E-state index >= 15 is 0 Å². The lowest BCUT2D eigenvalue weighted by Crippen LogP contribution is -2.06. The van der Waals surface area contributed by atoms with Crippen LogP contribution < -0.4 is 4.74 Å². The molecule has 16 heavy (non-hydrogen) atoms. The number of benzene rings is 1. The second-order valence-electron chi connectivity index (χ2n) is 2.69. The summed E-state index contributed by atoms with van der Waals surface area (Å²) in [6.07, 6.45) is 0.830. The predicted octanol–water partition coefficient (Wildman–Crippen LogP) is 1.16. The van der Waals surface area contributed by atoms with Gasteiger partial charge in [-0.2, -0.15) is 8.42 Å². The summed E-state index contributed by atoms with van der Waals surface area (Å²) in [5.74, 6) is -2.40. The maximum absolute atomic E-state index is 13.2. The minimum atomic E-state index is -4.48. The van der Waals surface area contributed by atoms with Crippen molar-refractivity contribution >= 4 is 16.1 Å². The van der Waals surface area contributed by atoms with Crippen LogP contribution in [0.3, 0.4) is 0 Å². The summed E-state index contributed by atoms with van der Waals surface area (Å²) < 4.78 is 47.5. The van der Waals surface area contributed by atoms with E-state index in [2.05, 4.69) is 11.3 Å². The lowest BCUT2D eigenvalue weighted by atomic mass is 10.3. The van der Waals surface area contributed by atoms with Gasteiger partial charge < -0.3 is 4.74 Å². The van der Waals surface area contributed by atoms with E-state index in [1.54, 1.807) is 0 Å². The summed E-state index contributed by atoms with van der Waals surface area (Å²) in [4.78, 5) is 10.1. The molecule has 0 atom stereocenters.